The molecule has 1 unspecified atom stereocenters. The van der Waals surface area contributed by atoms with Crippen LogP contribution in [0.25, 0.3) is 0 Å². The monoisotopic (exact) mass is 340 g/mol. The van der Waals surface area contributed by atoms with Crippen LogP contribution in [0.1, 0.15) is 31.2 Å². The Labute approximate surface area is 137 Å². The third-order valence-electron chi connectivity index (χ3n) is 5.33. The van der Waals surface area contributed by atoms with Crippen LogP contribution in [0.5, 0.6) is 0 Å². The molecule has 1 spiro atoms. The zero-order chi connectivity index (χ0) is 15.9. The van der Waals surface area contributed by atoms with Gasteiger partial charge in [-0.15, -0.1) is 0 Å². The van der Waals surface area contributed by atoms with Crippen molar-refractivity contribution in [3.05, 3.63) is 24.2 Å². The molecule has 128 valence electrons. The molecular weight excluding hydrogens is 316 g/mol. The SMILES string of the molecule is O=S(=O)(NCCC1CCOC12CN(Cc1ccoc1)C2)C1CC1. The van der Waals surface area contributed by atoms with E-state index >= 15 is 0 Å². The highest BCUT2D eigenvalue weighted by Crippen LogP contribution is 2.42. The van der Waals surface area contributed by atoms with E-state index in [9.17, 15) is 8.42 Å². The maximum absolute atomic E-state index is 11.9. The van der Waals surface area contributed by atoms with E-state index in [0.717, 1.165) is 51.9 Å². The normalized spacial score (nSPS) is 27.4. The van der Waals surface area contributed by atoms with E-state index in [0.29, 0.717) is 12.5 Å². The fraction of sp³-hybridized carbons (Fsp3) is 0.750. The molecule has 7 heteroatoms. The number of hydrogen-bond donors (Lipinski definition) is 1. The largest absolute Gasteiger partial charge is 0.472 e. The molecule has 1 aromatic heterocycles. The van der Waals surface area contributed by atoms with Crippen LogP contribution in [0.2, 0.25) is 0 Å². The van der Waals surface area contributed by atoms with Crippen molar-refractivity contribution in [2.45, 2.75) is 43.1 Å². The van der Waals surface area contributed by atoms with Gasteiger partial charge in [-0.05, 0) is 37.7 Å². The van der Waals surface area contributed by atoms with Gasteiger partial charge in [0.05, 0.1) is 23.4 Å². The molecule has 4 rings (SSSR count). The highest BCUT2D eigenvalue weighted by molar-refractivity contribution is 7.90. The summed E-state index contributed by atoms with van der Waals surface area (Å²) in [5.74, 6) is 0.449. The Hall–Kier alpha value is -0.890. The lowest BCUT2D eigenvalue weighted by Gasteiger charge is -2.50. The molecule has 1 atom stereocenters. The number of rotatable bonds is 7. The van der Waals surface area contributed by atoms with Gasteiger partial charge in [0.2, 0.25) is 10.0 Å². The summed E-state index contributed by atoms with van der Waals surface area (Å²) in [7, 11) is -3.06. The number of nitrogens with one attached hydrogen (secondary N) is 1. The maximum atomic E-state index is 11.9. The number of furan rings is 1. The van der Waals surface area contributed by atoms with Gasteiger partial charge in [0.15, 0.2) is 0 Å². The molecule has 3 fully saturated rings. The van der Waals surface area contributed by atoms with Crippen molar-refractivity contribution in [1.82, 2.24) is 9.62 Å². The Morgan fingerprint density at radius 3 is 2.83 bits per heavy atom. The Morgan fingerprint density at radius 1 is 1.30 bits per heavy atom. The van der Waals surface area contributed by atoms with Gasteiger partial charge in [-0.3, -0.25) is 4.90 Å². The highest BCUT2D eigenvalue weighted by Gasteiger charge is 2.52. The Balaban J connectivity index is 1.26. The minimum Gasteiger partial charge on any atom is -0.472 e. The first kappa shape index (κ1) is 15.6. The number of sulfonamides is 1. The number of nitrogens with zero attached hydrogens (tertiary/aromatic N) is 1. The van der Waals surface area contributed by atoms with Crippen LogP contribution in [0.4, 0.5) is 0 Å². The van der Waals surface area contributed by atoms with Gasteiger partial charge in [-0.25, -0.2) is 13.1 Å². The minimum atomic E-state index is -3.06. The van der Waals surface area contributed by atoms with Crippen LogP contribution in [0.3, 0.4) is 0 Å². The van der Waals surface area contributed by atoms with Gasteiger partial charge in [0.1, 0.15) is 0 Å². The van der Waals surface area contributed by atoms with Crippen molar-refractivity contribution in [2.24, 2.45) is 5.92 Å². The summed E-state index contributed by atoms with van der Waals surface area (Å²) in [4.78, 5) is 2.36. The molecule has 3 heterocycles. The lowest BCUT2D eigenvalue weighted by atomic mass is 9.79. The van der Waals surface area contributed by atoms with Gasteiger partial charge in [-0.1, -0.05) is 0 Å². The summed E-state index contributed by atoms with van der Waals surface area (Å²) in [6.45, 7) is 4.08. The molecule has 0 radical (unpaired) electrons. The molecule has 23 heavy (non-hydrogen) atoms. The quantitative estimate of drug-likeness (QED) is 0.811. The molecular formula is C16H24N2O4S. The zero-order valence-corrected chi connectivity index (χ0v) is 14.1. The molecule has 0 amide bonds. The standard InChI is InChI=1S/C16H24N2O4S/c19-23(20,15-1-2-15)17-6-3-14-5-8-22-16(14)11-18(12-16)9-13-4-7-21-10-13/h4,7,10,14-15,17H,1-3,5-6,8-9,11-12H2. The second kappa shape index (κ2) is 5.88. The second-order valence-electron chi connectivity index (χ2n) is 7.10. The molecule has 1 aromatic rings. The zero-order valence-electron chi connectivity index (χ0n) is 13.2. The van der Waals surface area contributed by atoms with Crippen molar-refractivity contribution in [2.75, 3.05) is 26.2 Å². The summed E-state index contributed by atoms with van der Waals surface area (Å²) in [5, 5.41) is -0.134. The highest BCUT2D eigenvalue weighted by atomic mass is 32.2. The average Bonchev–Trinajstić information content (AvgIpc) is 3.08. The third-order valence-corrected chi connectivity index (χ3v) is 7.28. The fourth-order valence-electron chi connectivity index (χ4n) is 3.88. The van der Waals surface area contributed by atoms with Crippen molar-refractivity contribution < 1.29 is 17.6 Å². The van der Waals surface area contributed by atoms with Gasteiger partial charge in [0.25, 0.3) is 0 Å². The maximum Gasteiger partial charge on any atom is 0.214 e. The molecule has 0 aromatic carbocycles. The van der Waals surface area contributed by atoms with E-state index in [1.54, 1.807) is 12.5 Å². The first-order valence-corrected chi connectivity index (χ1v) is 9.98. The molecule has 3 aliphatic rings. The summed E-state index contributed by atoms with van der Waals surface area (Å²) in [6, 6.07) is 1.99. The molecule has 1 aliphatic carbocycles. The molecule has 2 aliphatic heterocycles. The van der Waals surface area contributed by atoms with Crippen LogP contribution in [-0.4, -0.2) is 50.4 Å². The summed E-state index contributed by atoms with van der Waals surface area (Å²) < 4.78 is 37.7. The number of hydrogen-bond acceptors (Lipinski definition) is 5. The van der Waals surface area contributed by atoms with Gasteiger partial charge >= 0.3 is 0 Å². The molecule has 1 saturated carbocycles. The van der Waals surface area contributed by atoms with Crippen LogP contribution >= 0.6 is 0 Å². The number of likely N-dealkylation sites (tertiary alicyclic amines) is 1. The molecule has 0 bridgehead atoms. The van der Waals surface area contributed by atoms with E-state index in [1.165, 1.54) is 5.56 Å². The van der Waals surface area contributed by atoms with E-state index in [2.05, 4.69) is 9.62 Å². The minimum absolute atomic E-state index is 0.0608. The van der Waals surface area contributed by atoms with E-state index in [4.69, 9.17) is 9.15 Å². The van der Waals surface area contributed by atoms with Crippen LogP contribution < -0.4 is 4.72 Å². The second-order valence-corrected chi connectivity index (χ2v) is 9.15. The van der Waals surface area contributed by atoms with Crippen molar-refractivity contribution in [1.29, 1.82) is 0 Å². The van der Waals surface area contributed by atoms with Crippen molar-refractivity contribution in [3.63, 3.8) is 0 Å². The van der Waals surface area contributed by atoms with Gasteiger partial charge in [-0.2, -0.15) is 0 Å². The van der Waals surface area contributed by atoms with E-state index in [-0.39, 0.29) is 10.9 Å². The Kier molecular flexibility index (Phi) is 3.99. The summed E-state index contributed by atoms with van der Waals surface area (Å²) in [5.41, 5.74) is 1.13. The van der Waals surface area contributed by atoms with Gasteiger partial charge < -0.3 is 9.15 Å². The fourth-order valence-corrected chi connectivity index (χ4v) is 5.27. The number of ether oxygens (including phenoxy) is 1. The lowest BCUT2D eigenvalue weighted by molar-refractivity contribution is -0.136. The third kappa shape index (κ3) is 3.20. The molecule has 2 saturated heterocycles. The smallest absolute Gasteiger partial charge is 0.214 e. The van der Waals surface area contributed by atoms with E-state index < -0.39 is 10.0 Å². The average molecular weight is 340 g/mol. The summed E-state index contributed by atoms with van der Waals surface area (Å²) >= 11 is 0. The lowest BCUT2D eigenvalue weighted by Crippen LogP contribution is -2.64. The molecule has 1 N–H and O–H groups in total. The predicted molar refractivity (Wildman–Crippen MR) is 85.3 cm³/mol. The first-order valence-electron chi connectivity index (χ1n) is 8.43. The first-order chi connectivity index (χ1) is 11.1. The van der Waals surface area contributed by atoms with Gasteiger partial charge in [0, 0.05) is 38.3 Å². The van der Waals surface area contributed by atoms with Crippen molar-refractivity contribution in [3.8, 4) is 0 Å². The predicted octanol–water partition coefficient (Wildman–Crippen LogP) is 1.34. The van der Waals surface area contributed by atoms with Crippen LogP contribution in [-0.2, 0) is 21.3 Å². The Morgan fingerprint density at radius 2 is 2.13 bits per heavy atom. The topological polar surface area (TPSA) is 71.8 Å². The van der Waals surface area contributed by atoms with E-state index in [1.807, 2.05) is 6.07 Å². The van der Waals surface area contributed by atoms with Crippen LogP contribution in [0.15, 0.2) is 23.0 Å². The molecule has 6 nitrogen and oxygen atoms in total. The Bertz CT molecular complexity index is 633. The summed E-state index contributed by atoms with van der Waals surface area (Å²) in [6.07, 6.45) is 7.01. The van der Waals surface area contributed by atoms with Crippen LogP contribution in [0, 0.1) is 5.92 Å². The van der Waals surface area contributed by atoms with Crippen molar-refractivity contribution >= 4 is 10.0 Å².